The third-order valence-corrected chi connectivity index (χ3v) is 13.2. The Morgan fingerprint density at radius 2 is 1.63 bits per heavy atom. The topological polar surface area (TPSA) is 78.9 Å². The summed E-state index contributed by atoms with van der Waals surface area (Å²) in [6, 6.07) is 0. The van der Waals surface area contributed by atoms with Crippen LogP contribution in [0.2, 0.25) is 0 Å². The molecule has 1 heterocycles. The highest BCUT2D eigenvalue weighted by Gasteiger charge is 2.60. The molecule has 0 aromatic heterocycles. The molecule has 0 radical (unpaired) electrons. The number of rotatable bonds is 8. The minimum absolute atomic E-state index is 0.00309. The van der Waals surface area contributed by atoms with Crippen LogP contribution in [0, 0.1) is 57.7 Å². The van der Waals surface area contributed by atoms with Crippen molar-refractivity contribution in [3.63, 3.8) is 0 Å². The van der Waals surface area contributed by atoms with Gasteiger partial charge in [-0.3, -0.25) is 9.59 Å². The monoisotopic (exact) mass is 572 g/mol. The van der Waals surface area contributed by atoms with Gasteiger partial charge in [0.05, 0.1) is 5.92 Å². The summed E-state index contributed by atoms with van der Waals surface area (Å²) in [5.41, 5.74) is 0.246. The molecule has 1 saturated heterocycles. The average Bonchev–Trinajstić information content (AvgIpc) is 3.42. The Balaban J connectivity index is 1.17. The van der Waals surface area contributed by atoms with Crippen LogP contribution in [-0.4, -0.2) is 36.7 Å². The molecule has 0 aromatic rings. The normalized spacial score (nSPS) is 42.7. The van der Waals surface area contributed by atoms with Crippen molar-refractivity contribution in [2.45, 2.75) is 138 Å². The first-order chi connectivity index (χ1) is 19.3. The van der Waals surface area contributed by atoms with Gasteiger partial charge in [-0.15, -0.1) is 0 Å². The zero-order valence-corrected chi connectivity index (χ0v) is 26.8. The molecule has 11 atom stereocenters. The van der Waals surface area contributed by atoms with Crippen molar-refractivity contribution in [2.75, 3.05) is 6.61 Å². The highest BCUT2D eigenvalue weighted by molar-refractivity contribution is 5.81. The molecule has 0 amide bonds. The first-order valence-corrected chi connectivity index (χ1v) is 16.9. The fourth-order valence-electron chi connectivity index (χ4n) is 10.4. The summed E-state index contributed by atoms with van der Waals surface area (Å²) in [6.45, 7) is 15.6. The molecule has 0 bridgehead atoms. The van der Waals surface area contributed by atoms with E-state index in [0.29, 0.717) is 41.6 Å². The summed E-state index contributed by atoms with van der Waals surface area (Å²) < 4.78 is 16.8. The van der Waals surface area contributed by atoms with Crippen LogP contribution in [0.25, 0.3) is 0 Å². The summed E-state index contributed by atoms with van der Waals surface area (Å²) in [7, 11) is 0. The van der Waals surface area contributed by atoms with Crippen LogP contribution in [0.1, 0.15) is 126 Å². The number of fused-ring (bicyclic) bond motifs is 5. The van der Waals surface area contributed by atoms with Crippen LogP contribution in [0.15, 0.2) is 0 Å². The van der Waals surface area contributed by atoms with Gasteiger partial charge in [-0.05, 0) is 117 Å². The number of carbonyl (C=O) groups is 3. The van der Waals surface area contributed by atoms with Crippen LogP contribution in [0.5, 0.6) is 0 Å². The van der Waals surface area contributed by atoms with E-state index in [2.05, 4.69) is 27.7 Å². The van der Waals surface area contributed by atoms with Crippen LogP contribution >= 0.6 is 0 Å². The Bertz CT molecular complexity index is 1000. The minimum Gasteiger partial charge on any atom is -0.462 e. The number of esters is 3. The molecular weight excluding hydrogens is 516 g/mol. The Kier molecular flexibility index (Phi) is 8.64. The summed E-state index contributed by atoms with van der Waals surface area (Å²) in [5.74, 6) is 3.42. The second-order valence-electron chi connectivity index (χ2n) is 16.0. The third-order valence-electron chi connectivity index (χ3n) is 13.2. The number of hydrogen-bond donors (Lipinski definition) is 0. The molecule has 5 rings (SSSR count). The molecule has 0 aromatic carbocycles. The molecule has 11 unspecified atom stereocenters. The Morgan fingerprint density at radius 3 is 2.32 bits per heavy atom. The van der Waals surface area contributed by atoms with Crippen molar-refractivity contribution in [3.05, 3.63) is 0 Å². The summed E-state index contributed by atoms with van der Waals surface area (Å²) >= 11 is 0. The molecule has 6 heteroatoms. The van der Waals surface area contributed by atoms with Crippen molar-refractivity contribution in [1.29, 1.82) is 0 Å². The predicted molar refractivity (Wildman–Crippen MR) is 158 cm³/mol. The van der Waals surface area contributed by atoms with E-state index in [-0.39, 0.29) is 24.0 Å². The van der Waals surface area contributed by atoms with Gasteiger partial charge < -0.3 is 14.2 Å². The lowest BCUT2D eigenvalue weighted by molar-refractivity contribution is -0.166. The third kappa shape index (κ3) is 5.59. The molecule has 0 N–H and O–H groups in total. The number of cyclic esters (lactones) is 1. The molecule has 0 spiro atoms. The standard InChI is InChI=1S/C35H56O6/c1-8-21(2)31(37)40-24-15-17-34(6)23(19-24)10-11-25-27-13-12-26(35(27,7)18-16-28(25)34)22(3)9-14-29(36)41-30-32(38)39-20-33(30,4)5/h21-28,30H,8-20H2,1-7H3. The summed E-state index contributed by atoms with van der Waals surface area (Å²) in [6.07, 6.45) is 12.4. The van der Waals surface area contributed by atoms with E-state index in [9.17, 15) is 14.4 Å². The minimum atomic E-state index is -0.785. The van der Waals surface area contributed by atoms with E-state index in [1.54, 1.807) is 0 Å². The van der Waals surface area contributed by atoms with E-state index < -0.39 is 17.5 Å². The van der Waals surface area contributed by atoms with Crippen molar-refractivity contribution in [3.8, 4) is 0 Å². The first-order valence-electron chi connectivity index (χ1n) is 16.9. The van der Waals surface area contributed by atoms with Crippen molar-refractivity contribution in [1.82, 2.24) is 0 Å². The zero-order valence-electron chi connectivity index (χ0n) is 26.8. The number of hydrogen-bond acceptors (Lipinski definition) is 6. The van der Waals surface area contributed by atoms with E-state index in [1.165, 1.54) is 44.9 Å². The van der Waals surface area contributed by atoms with Gasteiger partial charge in [-0.1, -0.05) is 48.5 Å². The average molecular weight is 573 g/mol. The van der Waals surface area contributed by atoms with Gasteiger partial charge in [0.2, 0.25) is 6.10 Å². The molecule has 5 fully saturated rings. The molecule has 4 saturated carbocycles. The van der Waals surface area contributed by atoms with E-state index in [0.717, 1.165) is 43.4 Å². The molecule has 5 aliphatic rings. The van der Waals surface area contributed by atoms with E-state index >= 15 is 0 Å². The lowest BCUT2D eigenvalue weighted by Crippen LogP contribution is -2.54. The van der Waals surface area contributed by atoms with Gasteiger partial charge >= 0.3 is 17.9 Å². The van der Waals surface area contributed by atoms with Crippen LogP contribution in [0.4, 0.5) is 0 Å². The largest absolute Gasteiger partial charge is 0.462 e. The maximum absolute atomic E-state index is 12.7. The van der Waals surface area contributed by atoms with Gasteiger partial charge in [0, 0.05) is 11.8 Å². The van der Waals surface area contributed by atoms with Crippen LogP contribution in [0.3, 0.4) is 0 Å². The van der Waals surface area contributed by atoms with E-state index in [1.807, 2.05) is 20.8 Å². The van der Waals surface area contributed by atoms with Gasteiger partial charge in [0.1, 0.15) is 12.7 Å². The summed E-state index contributed by atoms with van der Waals surface area (Å²) in [4.78, 5) is 37.3. The van der Waals surface area contributed by atoms with Crippen molar-refractivity contribution < 1.29 is 28.6 Å². The van der Waals surface area contributed by atoms with Crippen LogP contribution < -0.4 is 0 Å². The smallest absolute Gasteiger partial charge is 0.348 e. The number of carbonyl (C=O) groups excluding carboxylic acids is 3. The highest BCUT2D eigenvalue weighted by atomic mass is 16.6. The lowest BCUT2D eigenvalue weighted by Gasteiger charge is -2.61. The van der Waals surface area contributed by atoms with Crippen molar-refractivity contribution >= 4 is 17.9 Å². The fraction of sp³-hybridized carbons (Fsp3) is 0.914. The van der Waals surface area contributed by atoms with E-state index in [4.69, 9.17) is 14.2 Å². The maximum atomic E-state index is 12.7. The molecule has 232 valence electrons. The van der Waals surface area contributed by atoms with Gasteiger partial charge in [-0.25, -0.2) is 4.79 Å². The second kappa shape index (κ2) is 11.5. The highest BCUT2D eigenvalue weighted by Crippen LogP contribution is 2.68. The number of ether oxygens (including phenoxy) is 3. The Morgan fingerprint density at radius 1 is 0.927 bits per heavy atom. The SMILES string of the molecule is CCC(C)C(=O)OC1CCC2(C)C(CCC3C2CCC2(C)C(C(C)CCC(=O)OC4C(=O)OCC4(C)C)CCC32)C1. The van der Waals surface area contributed by atoms with Crippen molar-refractivity contribution in [2.24, 2.45) is 57.7 Å². The lowest BCUT2D eigenvalue weighted by atomic mass is 9.44. The van der Waals surface area contributed by atoms with Gasteiger partial charge in [-0.2, -0.15) is 0 Å². The molecule has 4 aliphatic carbocycles. The quantitative estimate of drug-likeness (QED) is 0.221. The zero-order chi connectivity index (χ0) is 29.7. The molecular formula is C35H56O6. The Hall–Kier alpha value is -1.59. The molecule has 6 nitrogen and oxygen atoms in total. The second-order valence-corrected chi connectivity index (χ2v) is 16.0. The maximum Gasteiger partial charge on any atom is 0.348 e. The van der Waals surface area contributed by atoms with Crippen LogP contribution in [-0.2, 0) is 28.6 Å². The first kappa shape index (κ1) is 30.9. The van der Waals surface area contributed by atoms with Gasteiger partial charge in [0.25, 0.3) is 0 Å². The van der Waals surface area contributed by atoms with Gasteiger partial charge in [0.15, 0.2) is 0 Å². The Labute approximate surface area is 248 Å². The fourth-order valence-corrected chi connectivity index (χ4v) is 10.4. The molecule has 41 heavy (non-hydrogen) atoms. The summed E-state index contributed by atoms with van der Waals surface area (Å²) in [5, 5.41) is 0. The predicted octanol–water partition coefficient (Wildman–Crippen LogP) is 7.51. The molecule has 1 aliphatic heterocycles.